The molecule has 1 aromatic rings. The maximum atomic E-state index is 13.0. The second-order valence-electron chi connectivity index (χ2n) is 4.77. The third kappa shape index (κ3) is 3.18. The first-order valence-corrected chi connectivity index (χ1v) is 6.47. The maximum absolute atomic E-state index is 13.0. The molecule has 3 nitrogen and oxygen atoms in total. The second-order valence-corrected chi connectivity index (χ2v) is 4.77. The van der Waals surface area contributed by atoms with Crippen molar-refractivity contribution in [1.82, 2.24) is 10.3 Å². The van der Waals surface area contributed by atoms with Crippen LogP contribution in [0.1, 0.15) is 24.8 Å². The van der Waals surface area contributed by atoms with Crippen molar-refractivity contribution in [1.29, 1.82) is 0 Å². The lowest BCUT2D eigenvalue weighted by molar-refractivity contribution is -0.137. The number of piperidine rings is 1. The molecule has 1 aliphatic rings. The molecule has 2 rings (SSSR count). The van der Waals surface area contributed by atoms with Crippen LogP contribution in [-0.4, -0.2) is 31.2 Å². The fourth-order valence-electron chi connectivity index (χ4n) is 2.57. The highest BCUT2D eigenvalue weighted by molar-refractivity contribution is 5.49. The summed E-state index contributed by atoms with van der Waals surface area (Å²) in [6.07, 6.45) is -0.0688. The van der Waals surface area contributed by atoms with Gasteiger partial charge in [-0.25, -0.2) is 4.98 Å². The first-order valence-electron chi connectivity index (χ1n) is 6.47. The molecule has 0 bridgehead atoms. The van der Waals surface area contributed by atoms with E-state index in [1.807, 2.05) is 7.05 Å². The van der Waals surface area contributed by atoms with E-state index in [0.29, 0.717) is 13.1 Å². The summed E-state index contributed by atoms with van der Waals surface area (Å²) in [6, 6.07) is 2.52. The molecule has 19 heavy (non-hydrogen) atoms. The van der Waals surface area contributed by atoms with Gasteiger partial charge < -0.3 is 10.2 Å². The Bertz CT molecular complexity index is 418. The van der Waals surface area contributed by atoms with Crippen molar-refractivity contribution in [3.63, 3.8) is 0 Å². The summed E-state index contributed by atoms with van der Waals surface area (Å²) in [7, 11) is 1.82. The van der Waals surface area contributed by atoms with Crippen molar-refractivity contribution in [3.05, 3.63) is 23.9 Å². The van der Waals surface area contributed by atoms with Crippen molar-refractivity contribution in [3.8, 4) is 0 Å². The number of pyridine rings is 1. The summed E-state index contributed by atoms with van der Waals surface area (Å²) in [5.41, 5.74) is -0.641. The molecule has 1 unspecified atom stereocenters. The van der Waals surface area contributed by atoms with E-state index in [0.717, 1.165) is 25.3 Å². The Morgan fingerprint density at radius 1 is 1.42 bits per heavy atom. The molecule has 0 aromatic carbocycles. The number of nitrogens with zero attached hydrogens (tertiary/aromatic N) is 2. The molecule has 1 aromatic heterocycles. The Morgan fingerprint density at radius 3 is 2.89 bits per heavy atom. The summed E-state index contributed by atoms with van der Waals surface area (Å²) in [5, 5.41) is 3.04. The molecule has 0 saturated carbocycles. The molecule has 1 atom stereocenters. The Balaban J connectivity index is 2.33. The van der Waals surface area contributed by atoms with Crippen LogP contribution in [0.15, 0.2) is 18.3 Å². The van der Waals surface area contributed by atoms with Crippen molar-refractivity contribution in [2.45, 2.75) is 31.5 Å². The third-order valence-electron chi connectivity index (χ3n) is 3.43. The molecule has 1 aliphatic heterocycles. The van der Waals surface area contributed by atoms with Crippen molar-refractivity contribution < 1.29 is 13.2 Å². The van der Waals surface area contributed by atoms with Gasteiger partial charge in [0.15, 0.2) is 0 Å². The molecule has 1 saturated heterocycles. The monoisotopic (exact) mass is 273 g/mol. The summed E-state index contributed by atoms with van der Waals surface area (Å²) in [6.45, 7) is 1.31. The molecule has 0 amide bonds. The first-order chi connectivity index (χ1) is 9.04. The number of hydrogen-bond donors (Lipinski definition) is 1. The molecule has 6 heteroatoms. The number of anilines is 1. The zero-order valence-corrected chi connectivity index (χ0v) is 10.9. The van der Waals surface area contributed by atoms with Crippen molar-refractivity contribution in [2.24, 2.45) is 0 Å². The van der Waals surface area contributed by atoms with Gasteiger partial charge in [0.05, 0.1) is 5.56 Å². The van der Waals surface area contributed by atoms with E-state index in [4.69, 9.17) is 0 Å². The van der Waals surface area contributed by atoms with Crippen LogP contribution in [0, 0.1) is 0 Å². The van der Waals surface area contributed by atoms with Crippen LogP contribution in [0.5, 0.6) is 0 Å². The highest BCUT2D eigenvalue weighted by atomic mass is 19.4. The Labute approximate surface area is 110 Å². The number of alkyl halides is 3. The second kappa shape index (κ2) is 5.77. The highest BCUT2D eigenvalue weighted by Gasteiger charge is 2.37. The summed E-state index contributed by atoms with van der Waals surface area (Å²) >= 11 is 0. The fourth-order valence-corrected chi connectivity index (χ4v) is 2.57. The number of likely N-dealkylation sites (N-methyl/N-ethyl adjacent to an activating group) is 1. The predicted octanol–water partition coefficient (Wildman–Crippen LogP) is 2.68. The predicted molar refractivity (Wildman–Crippen MR) is 68.2 cm³/mol. The van der Waals surface area contributed by atoms with Gasteiger partial charge in [-0.1, -0.05) is 0 Å². The van der Waals surface area contributed by atoms with E-state index in [1.54, 1.807) is 4.90 Å². The topological polar surface area (TPSA) is 28.2 Å². The van der Waals surface area contributed by atoms with E-state index in [2.05, 4.69) is 10.3 Å². The third-order valence-corrected chi connectivity index (χ3v) is 3.43. The average Bonchev–Trinajstić information content (AvgIpc) is 2.39. The molecule has 1 N–H and O–H groups in total. The molecular weight excluding hydrogens is 255 g/mol. The Hall–Kier alpha value is -1.30. The van der Waals surface area contributed by atoms with Crippen LogP contribution in [0.3, 0.4) is 0 Å². The van der Waals surface area contributed by atoms with Gasteiger partial charge in [0.1, 0.15) is 5.82 Å². The average molecular weight is 273 g/mol. The van der Waals surface area contributed by atoms with Gasteiger partial charge in [-0.05, 0) is 38.4 Å². The highest BCUT2D eigenvalue weighted by Crippen LogP contribution is 2.37. The van der Waals surface area contributed by atoms with Crippen LogP contribution in [0.2, 0.25) is 0 Å². The van der Waals surface area contributed by atoms with Crippen LogP contribution in [0.25, 0.3) is 0 Å². The zero-order chi connectivity index (χ0) is 13.9. The molecule has 1 fully saturated rings. The largest absolute Gasteiger partial charge is 0.419 e. The SMILES string of the molecule is CNCC1CCCCN1c1ncccc1C(F)(F)F. The summed E-state index contributed by atoms with van der Waals surface area (Å²) in [4.78, 5) is 5.77. The number of halogens is 3. The van der Waals surface area contributed by atoms with Gasteiger partial charge in [-0.15, -0.1) is 0 Å². The number of rotatable bonds is 3. The number of aromatic nitrogens is 1. The van der Waals surface area contributed by atoms with Gasteiger partial charge in [0.2, 0.25) is 0 Å². The minimum absolute atomic E-state index is 0.0648. The van der Waals surface area contributed by atoms with Crippen molar-refractivity contribution in [2.75, 3.05) is 25.0 Å². The molecule has 0 spiro atoms. The molecule has 106 valence electrons. The maximum Gasteiger partial charge on any atom is 0.419 e. The lowest BCUT2D eigenvalue weighted by Gasteiger charge is -2.37. The van der Waals surface area contributed by atoms with Crippen molar-refractivity contribution >= 4 is 5.82 Å². The quantitative estimate of drug-likeness (QED) is 0.917. The van der Waals surface area contributed by atoms with E-state index >= 15 is 0 Å². The van der Waals surface area contributed by atoms with Crippen LogP contribution >= 0.6 is 0 Å². The van der Waals surface area contributed by atoms with Gasteiger partial charge in [-0.2, -0.15) is 13.2 Å². The minimum Gasteiger partial charge on any atom is -0.352 e. The first kappa shape index (κ1) is 14.1. The van der Waals surface area contributed by atoms with E-state index < -0.39 is 11.7 Å². The number of nitrogens with one attached hydrogen (secondary N) is 1. The standard InChI is InChI=1S/C13H18F3N3/c1-17-9-10-5-2-3-8-19(10)12-11(13(14,15)16)6-4-7-18-12/h4,6-7,10,17H,2-3,5,8-9H2,1H3. The zero-order valence-electron chi connectivity index (χ0n) is 10.9. The van der Waals surface area contributed by atoms with Gasteiger partial charge >= 0.3 is 6.18 Å². The normalized spacial score (nSPS) is 20.6. The van der Waals surface area contributed by atoms with Gasteiger partial charge in [0.25, 0.3) is 0 Å². The smallest absolute Gasteiger partial charge is 0.352 e. The molecule has 0 aliphatic carbocycles. The number of hydrogen-bond acceptors (Lipinski definition) is 3. The molecule has 0 radical (unpaired) electrons. The lowest BCUT2D eigenvalue weighted by Crippen LogP contribution is -2.46. The molecular formula is C13H18F3N3. The minimum atomic E-state index is -4.36. The van der Waals surface area contributed by atoms with Gasteiger partial charge in [0, 0.05) is 25.3 Å². The Morgan fingerprint density at radius 2 is 2.21 bits per heavy atom. The summed E-state index contributed by atoms with van der Waals surface area (Å²) < 4.78 is 39.1. The summed E-state index contributed by atoms with van der Waals surface area (Å²) in [5.74, 6) is 0.0648. The van der Waals surface area contributed by atoms with Crippen LogP contribution in [-0.2, 0) is 6.18 Å². The van der Waals surface area contributed by atoms with Gasteiger partial charge in [-0.3, -0.25) is 0 Å². The van der Waals surface area contributed by atoms with E-state index in [1.165, 1.54) is 12.3 Å². The lowest BCUT2D eigenvalue weighted by atomic mass is 10.0. The van der Waals surface area contributed by atoms with E-state index in [9.17, 15) is 13.2 Å². The van der Waals surface area contributed by atoms with Crippen LogP contribution in [0.4, 0.5) is 19.0 Å². The van der Waals surface area contributed by atoms with E-state index in [-0.39, 0.29) is 11.9 Å². The van der Waals surface area contributed by atoms with Crippen LogP contribution < -0.4 is 10.2 Å². The Kier molecular flexibility index (Phi) is 4.29. The molecule has 2 heterocycles. The fraction of sp³-hybridized carbons (Fsp3) is 0.615.